The predicted octanol–water partition coefficient (Wildman–Crippen LogP) is 1.87. The van der Waals surface area contributed by atoms with Crippen LogP contribution in [-0.4, -0.2) is 49.3 Å². The Morgan fingerprint density at radius 3 is 2.76 bits per heavy atom. The minimum absolute atomic E-state index is 0.574. The van der Waals surface area contributed by atoms with Crippen molar-refractivity contribution in [1.82, 2.24) is 10.2 Å². The average molecular weight is 240 g/mol. The van der Waals surface area contributed by atoms with E-state index >= 15 is 0 Å². The van der Waals surface area contributed by atoms with E-state index in [0.29, 0.717) is 12.0 Å². The van der Waals surface area contributed by atoms with E-state index in [9.17, 15) is 0 Å². The first-order chi connectivity index (χ1) is 8.26. The minimum atomic E-state index is 0.574. The van der Waals surface area contributed by atoms with E-state index in [-0.39, 0.29) is 0 Å². The average Bonchev–Trinajstić information content (AvgIpc) is 2.89. The molecule has 2 fully saturated rings. The third kappa shape index (κ3) is 3.01. The summed E-state index contributed by atoms with van der Waals surface area (Å²) in [7, 11) is 0. The lowest BCUT2D eigenvalue weighted by atomic mass is 10.0. The van der Waals surface area contributed by atoms with Crippen LogP contribution in [0.5, 0.6) is 0 Å². The second-order valence-electron chi connectivity index (χ2n) is 5.65. The second kappa shape index (κ2) is 6.17. The van der Waals surface area contributed by atoms with Gasteiger partial charge in [0, 0.05) is 30.6 Å². The highest BCUT2D eigenvalue weighted by Gasteiger charge is 2.35. The van der Waals surface area contributed by atoms with Gasteiger partial charge in [-0.3, -0.25) is 4.90 Å². The van der Waals surface area contributed by atoms with Crippen LogP contribution in [0.4, 0.5) is 0 Å². The Balaban J connectivity index is 1.90. The van der Waals surface area contributed by atoms with Crippen LogP contribution in [0.2, 0.25) is 0 Å². The van der Waals surface area contributed by atoms with Crippen molar-refractivity contribution in [2.45, 2.75) is 58.2 Å². The summed E-state index contributed by atoms with van der Waals surface area (Å²) in [6.45, 7) is 11.0. The molecule has 0 aromatic rings. The maximum absolute atomic E-state index is 5.65. The molecule has 100 valence electrons. The van der Waals surface area contributed by atoms with Crippen LogP contribution >= 0.6 is 0 Å². The van der Waals surface area contributed by atoms with Gasteiger partial charge in [0.2, 0.25) is 0 Å². The molecule has 0 aliphatic carbocycles. The normalized spacial score (nSPS) is 39.0. The Bertz CT molecular complexity index is 234. The first kappa shape index (κ1) is 13.3. The third-order valence-corrected chi connectivity index (χ3v) is 4.53. The lowest BCUT2D eigenvalue weighted by molar-refractivity contribution is 0.141. The van der Waals surface area contributed by atoms with E-state index in [1.807, 2.05) is 0 Å². The molecular weight excluding hydrogens is 212 g/mol. The topological polar surface area (TPSA) is 24.5 Å². The quantitative estimate of drug-likeness (QED) is 0.794. The molecule has 0 radical (unpaired) electrons. The van der Waals surface area contributed by atoms with Crippen molar-refractivity contribution < 1.29 is 4.74 Å². The molecule has 4 atom stereocenters. The molecule has 2 heterocycles. The number of likely N-dealkylation sites (N-methyl/N-ethyl adjacent to an activating group) is 1. The fourth-order valence-electron chi connectivity index (χ4n) is 3.43. The van der Waals surface area contributed by atoms with Crippen molar-refractivity contribution in [2.75, 3.05) is 26.3 Å². The van der Waals surface area contributed by atoms with Crippen LogP contribution in [0.25, 0.3) is 0 Å². The number of rotatable bonds is 5. The van der Waals surface area contributed by atoms with Gasteiger partial charge < -0.3 is 10.1 Å². The van der Waals surface area contributed by atoms with Crippen LogP contribution < -0.4 is 5.32 Å². The van der Waals surface area contributed by atoms with Crippen molar-refractivity contribution in [2.24, 2.45) is 5.92 Å². The molecule has 0 aromatic carbocycles. The van der Waals surface area contributed by atoms with E-state index in [2.05, 4.69) is 31.0 Å². The van der Waals surface area contributed by atoms with Gasteiger partial charge in [-0.05, 0) is 32.7 Å². The molecule has 0 aromatic heterocycles. The van der Waals surface area contributed by atoms with Crippen LogP contribution in [-0.2, 0) is 4.74 Å². The summed E-state index contributed by atoms with van der Waals surface area (Å²) in [5, 5.41) is 3.56. The molecule has 3 nitrogen and oxygen atoms in total. The van der Waals surface area contributed by atoms with Gasteiger partial charge in [-0.15, -0.1) is 0 Å². The summed E-state index contributed by atoms with van der Waals surface area (Å²) in [4.78, 5) is 2.73. The standard InChI is InChI=1S/C14H28N2O/c1-4-13-7-6-11(3)16(13)8-12-9-17-10-14(12)15-5-2/h11-15H,4-10H2,1-3H3. The number of hydrogen-bond acceptors (Lipinski definition) is 3. The summed E-state index contributed by atoms with van der Waals surface area (Å²) < 4.78 is 5.65. The van der Waals surface area contributed by atoms with Crippen LogP contribution in [0.3, 0.4) is 0 Å². The van der Waals surface area contributed by atoms with E-state index in [0.717, 1.165) is 31.8 Å². The van der Waals surface area contributed by atoms with Gasteiger partial charge in [-0.2, -0.15) is 0 Å². The fourth-order valence-corrected chi connectivity index (χ4v) is 3.43. The molecule has 17 heavy (non-hydrogen) atoms. The molecule has 4 unspecified atom stereocenters. The molecule has 0 spiro atoms. The Labute approximate surface area is 106 Å². The van der Waals surface area contributed by atoms with Crippen molar-refractivity contribution in [3.8, 4) is 0 Å². The monoisotopic (exact) mass is 240 g/mol. The lowest BCUT2D eigenvalue weighted by Gasteiger charge is -2.32. The zero-order chi connectivity index (χ0) is 12.3. The summed E-state index contributed by atoms with van der Waals surface area (Å²) in [5.41, 5.74) is 0. The maximum Gasteiger partial charge on any atom is 0.0623 e. The fraction of sp³-hybridized carbons (Fsp3) is 1.00. The molecule has 2 aliphatic heterocycles. The third-order valence-electron chi connectivity index (χ3n) is 4.53. The van der Waals surface area contributed by atoms with Crippen LogP contribution in [0, 0.1) is 5.92 Å². The Morgan fingerprint density at radius 1 is 1.24 bits per heavy atom. The summed E-state index contributed by atoms with van der Waals surface area (Å²) in [6, 6.07) is 2.15. The molecule has 2 rings (SSSR count). The number of ether oxygens (including phenoxy) is 1. The van der Waals surface area contributed by atoms with E-state index in [1.165, 1.54) is 25.8 Å². The Morgan fingerprint density at radius 2 is 2.06 bits per heavy atom. The molecule has 0 bridgehead atoms. The van der Waals surface area contributed by atoms with Crippen LogP contribution in [0.1, 0.15) is 40.0 Å². The highest BCUT2D eigenvalue weighted by atomic mass is 16.5. The number of likely N-dealkylation sites (tertiary alicyclic amines) is 1. The zero-order valence-electron chi connectivity index (χ0n) is 11.6. The summed E-state index contributed by atoms with van der Waals surface area (Å²) in [5.74, 6) is 0.685. The zero-order valence-corrected chi connectivity index (χ0v) is 11.6. The molecule has 2 aliphatic rings. The summed E-state index contributed by atoms with van der Waals surface area (Å²) in [6.07, 6.45) is 4.05. The Hall–Kier alpha value is -0.120. The van der Waals surface area contributed by atoms with Gasteiger partial charge in [0.05, 0.1) is 13.2 Å². The SMILES string of the molecule is CCNC1COCC1CN1C(C)CCC1CC. The minimum Gasteiger partial charge on any atom is -0.379 e. The highest BCUT2D eigenvalue weighted by molar-refractivity contribution is 4.90. The van der Waals surface area contributed by atoms with Crippen molar-refractivity contribution in [3.05, 3.63) is 0 Å². The van der Waals surface area contributed by atoms with Crippen molar-refractivity contribution >= 4 is 0 Å². The molecule has 1 N–H and O–H groups in total. The van der Waals surface area contributed by atoms with Gasteiger partial charge in [-0.1, -0.05) is 13.8 Å². The van der Waals surface area contributed by atoms with E-state index < -0.39 is 0 Å². The predicted molar refractivity (Wildman–Crippen MR) is 71.3 cm³/mol. The van der Waals surface area contributed by atoms with Gasteiger partial charge >= 0.3 is 0 Å². The van der Waals surface area contributed by atoms with Gasteiger partial charge in [0.1, 0.15) is 0 Å². The maximum atomic E-state index is 5.65. The van der Waals surface area contributed by atoms with Crippen LogP contribution in [0.15, 0.2) is 0 Å². The van der Waals surface area contributed by atoms with Crippen molar-refractivity contribution in [3.63, 3.8) is 0 Å². The number of nitrogens with zero attached hydrogens (tertiary/aromatic N) is 1. The highest BCUT2D eigenvalue weighted by Crippen LogP contribution is 2.28. The first-order valence-corrected chi connectivity index (χ1v) is 7.33. The second-order valence-corrected chi connectivity index (χ2v) is 5.65. The summed E-state index contributed by atoms with van der Waals surface area (Å²) >= 11 is 0. The lowest BCUT2D eigenvalue weighted by Crippen LogP contribution is -2.45. The van der Waals surface area contributed by atoms with Gasteiger partial charge in [-0.25, -0.2) is 0 Å². The molecule has 3 heteroatoms. The molecule has 0 saturated carbocycles. The smallest absolute Gasteiger partial charge is 0.0623 e. The van der Waals surface area contributed by atoms with Gasteiger partial charge in [0.25, 0.3) is 0 Å². The largest absolute Gasteiger partial charge is 0.379 e. The molecule has 2 saturated heterocycles. The molecule has 0 amide bonds. The van der Waals surface area contributed by atoms with Gasteiger partial charge in [0.15, 0.2) is 0 Å². The van der Waals surface area contributed by atoms with E-state index in [4.69, 9.17) is 4.74 Å². The number of nitrogens with one attached hydrogen (secondary N) is 1. The Kier molecular flexibility index (Phi) is 4.83. The molecular formula is C14H28N2O. The number of hydrogen-bond donors (Lipinski definition) is 1. The first-order valence-electron chi connectivity index (χ1n) is 7.33. The van der Waals surface area contributed by atoms with Crippen molar-refractivity contribution in [1.29, 1.82) is 0 Å². The van der Waals surface area contributed by atoms with E-state index in [1.54, 1.807) is 0 Å².